The standard InChI is InChI=1S/C15H15ClN2O3/c1-2-21-15(20)14(19)10-13(18-9-3-8-17-18)11-4-6-12(16)7-5-11/h3-9,13H,2,10H2,1H3. The number of ether oxygens (including phenoxy) is 1. The second-order valence-electron chi connectivity index (χ2n) is 4.40. The predicted octanol–water partition coefficient (Wildman–Crippen LogP) is 2.65. The monoisotopic (exact) mass is 306 g/mol. The van der Waals surface area contributed by atoms with Gasteiger partial charge in [-0.3, -0.25) is 9.48 Å². The van der Waals surface area contributed by atoms with Crippen molar-refractivity contribution in [1.29, 1.82) is 0 Å². The molecule has 110 valence electrons. The van der Waals surface area contributed by atoms with Crippen LogP contribution in [0.5, 0.6) is 0 Å². The van der Waals surface area contributed by atoms with Gasteiger partial charge >= 0.3 is 5.97 Å². The molecule has 1 aromatic carbocycles. The Morgan fingerprint density at radius 3 is 2.62 bits per heavy atom. The van der Waals surface area contributed by atoms with Crippen LogP contribution in [0.3, 0.4) is 0 Å². The van der Waals surface area contributed by atoms with Crippen LogP contribution in [0.2, 0.25) is 5.02 Å². The zero-order valence-corrected chi connectivity index (χ0v) is 12.3. The first kappa shape index (κ1) is 15.3. The summed E-state index contributed by atoms with van der Waals surface area (Å²) in [5, 5.41) is 4.76. The molecule has 0 aliphatic heterocycles. The smallest absolute Gasteiger partial charge is 0.374 e. The van der Waals surface area contributed by atoms with Gasteiger partial charge in [-0.25, -0.2) is 4.79 Å². The zero-order chi connectivity index (χ0) is 15.2. The van der Waals surface area contributed by atoms with Crippen LogP contribution >= 0.6 is 11.6 Å². The van der Waals surface area contributed by atoms with E-state index in [-0.39, 0.29) is 19.1 Å². The number of hydrogen-bond acceptors (Lipinski definition) is 4. The third kappa shape index (κ3) is 3.92. The number of esters is 1. The molecule has 1 aromatic heterocycles. The SMILES string of the molecule is CCOC(=O)C(=O)CC(c1ccc(Cl)cc1)n1cccn1. The molecule has 21 heavy (non-hydrogen) atoms. The summed E-state index contributed by atoms with van der Waals surface area (Å²) in [6.45, 7) is 1.84. The van der Waals surface area contributed by atoms with E-state index in [1.54, 1.807) is 42.2 Å². The summed E-state index contributed by atoms with van der Waals surface area (Å²) < 4.78 is 6.38. The number of ketones is 1. The Morgan fingerprint density at radius 2 is 2.05 bits per heavy atom. The summed E-state index contributed by atoms with van der Waals surface area (Å²) in [5.41, 5.74) is 0.848. The minimum absolute atomic E-state index is 0.0118. The van der Waals surface area contributed by atoms with Gasteiger partial charge in [-0.1, -0.05) is 23.7 Å². The summed E-state index contributed by atoms with van der Waals surface area (Å²) in [6.07, 6.45) is 3.36. The lowest BCUT2D eigenvalue weighted by molar-refractivity contribution is -0.153. The average molecular weight is 307 g/mol. The molecule has 0 amide bonds. The van der Waals surface area contributed by atoms with Crippen molar-refractivity contribution < 1.29 is 14.3 Å². The van der Waals surface area contributed by atoms with Crippen LogP contribution in [0.4, 0.5) is 0 Å². The predicted molar refractivity (Wildman–Crippen MR) is 78.1 cm³/mol. The third-order valence-electron chi connectivity index (χ3n) is 2.98. The van der Waals surface area contributed by atoms with Gasteiger partial charge in [0.05, 0.1) is 12.6 Å². The van der Waals surface area contributed by atoms with E-state index in [9.17, 15) is 9.59 Å². The normalized spacial score (nSPS) is 11.9. The number of carbonyl (C=O) groups is 2. The molecule has 0 N–H and O–H groups in total. The molecule has 0 radical (unpaired) electrons. The number of carbonyl (C=O) groups excluding carboxylic acids is 2. The van der Waals surface area contributed by atoms with E-state index in [2.05, 4.69) is 5.10 Å². The Morgan fingerprint density at radius 1 is 1.33 bits per heavy atom. The van der Waals surface area contributed by atoms with Gasteiger partial charge in [-0.05, 0) is 30.7 Å². The van der Waals surface area contributed by atoms with Crippen LogP contribution in [0.1, 0.15) is 24.9 Å². The average Bonchev–Trinajstić information content (AvgIpc) is 3.00. The molecule has 0 bridgehead atoms. The number of hydrogen-bond donors (Lipinski definition) is 0. The van der Waals surface area contributed by atoms with Crippen LogP contribution in [-0.2, 0) is 14.3 Å². The quantitative estimate of drug-likeness (QED) is 0.608. The van der Waals surface area contributed by atoms with Crippen molar-refractivity contribution >= 4 is 23.4 Å². The number of rotatable bonds is 6. The highest BCUT2D eigenvalue weighted by Gasteiger charge is 2.23. The van der Waals surface area contributed by atoms with Crippen molar-refractivity contribution in [3.05, 3.63) is 53.3 Å². The Balaban J connectivity index is 2.23. The van der Waals surface area contributed by atoms with E-state index < -0.39 is 11.8 Å². The molecule has 0 fully saturated rings. The number of halogens is 1. The highest BCUT2D eigenvalue weighted by atomic mass is 35.5. The number of Topliss-reactive ketones (excluding diaryl/α,β-unsaturated/α-hetero) is 1. The molecule has 0 saturated heterocycles. The van der Waals surface area contributed by atoms with Gasteiger partial charge in [-0.2, -0.15) is 5.10 Å². The molecule has 0 aliphatic rings. The van der Waals surface area contributed by atoms with Crippen LogP contribution < -0.4 is 0 Å². The van der Waals surface area contributed by atoms with E-state index in [0.717, 1.165) is 5.56 Å². The van der Waals surface area contributed by atoms with Gasteiger partial charge in [0, 0.05) is 23.8 Å². The maximum atomic E-state index is 11.9. The Hall–Kier alpha value is -2.14. The molecule has 2 aromatic rings. The van der Waals surface area contributed by atoms with Gasteiger partial charge in [0.25, 0.3) is 0 Å². The molecule has 0 spiro atoms. The fraction of sp³-hybridized carbons (Fsp3) is 0.267. The largest absolute Gasteiger partial charge is 0.460 e. The summed E-state index contributed by atoms with van der Waals surface area (Å²) in [6, 6.07) is 8.50. The molecule has 1 heterocycles. The van der Waals surface area contributed by atoms with Crippen molar-refractivity contribution in [2.24, 2.45) is 0 Å². The van der Waals surface area contributed by atoms with Crippen molar-refractivity contribution in [3.8, 4) is 0 Å². The maximum Gasteiger partial charge on any atom is 0.374 e. The number of benzene rings is 1. The summed E-state index contributed by atoms with van der Waals surface area (Å²) >= 11 is 5.88. The molecule has 0 saturated carbocycles. The first-order chi connectivity index (χ1) is 10.1. The molecule has 5 nitrogen and oxygen atoms in total. The van der Waals surface area contributed by atoms with Gasteiger partial charge in [0.2, 0.25) is 5.78 Å². The number of nitrogens with zero attached hydrogens (tertiary/aromatic N) is 2. The van der Waals surface area contributed by atoms with Crippen LogP contribution in [0, 0.1) is 0 Å². The molecular formula is C15H15ClN2O3. The Kier molecular flexibility index (Phi) is 5.11. The van der Waals surface area contributed by atoms with Gasteiger partial charge in [0.1, 0.15) is 0 Å². The first-order valence-electron chi connectivity index (χ1n) is 6.56. The fourth-order valence-electron chi connectivity index (χ4n) is 1.98. The third-order valence-corrected chi connectivity index (χ3v) is 3.23. The topological polar surface area (TPSA) is 61.2 Å². The molecule has 0 aliphatic carbocycles. The van der Waals surface area contributed by atoms with E-state index in [4.69, 9.17) is 16.3 Å². The van der Waals surface area contributed by atoms with Crippen LogP contribution in [-0.4, -0.2) is 28.1 Å². The first-order valence-corrected chi connectivity index (χ1v) is 6.94. The van der Waals surface area contributed by atoms with Gasteiger partial charge in [-0.15, -0.1) is 0 Å². The molecule has 1 unspecified atom stereocenters. The fourth-order valence-corrected chi connectivity index (χ4v) is 2.11. The molecule has 2 rings (SSSR count). The minimum atomic E-state index is -0.816. The van der Waals surface area contributed by atoms with E-state index in [0.29, 0.717) is 5.02 Å². The lowest BCUT2D eigenvalue weighted by Crippen LogP contribution is -2.23. The van der Waals surface area contributed by atoms with E-state index in [1.165, 1.54) is 0 Å². The lowest BCUT2D eigenvalue weighted by Gasteiger charge is -2.17. The van der Waals surface area contributed by atoms with Crippen LogP contribution in [0.25, 0.3) is 0 Å². The molecule has 1 atom stereocenters. The highest BCUT2D eigenvalue weighted by molar-refractivity contribution is 6.33. The van der Waals surface area contributed by atoms with Crippen LogP contribution in [0.15, 0.2) is 42.7 Å². The second-order valence-corrected chi connectivity index (χ2v) is 4.84. The van der Waals surface area contributed by atoms with E-state index >= 15 is 0 Å². The Labute approximate surface area is 127 Å². The van der Waals surface area contributed by atoms with Gasteiger partial charge in [0.15, 0.2) is 0 Å². The van der Waals surface area contributed by atoms with Gasteiger partial charge < -0.3 is 4.74 Å². The van der Waals surface area contributed by atoms with Crippen molar-refractivity contribution in [2.75, 3.05) is 6.61 Å². The summed E-state index contributed by atoms with van der Waals surface area (Å²) in [4.78, 5) is 23.4. The Bertz CT molecular complexity index is 608. The minimum Gasteiger partial charge on any atom is -0.460 e. The summed E-state index contributed by atoms with van der Waals surface area (Å²) in [7, 11) is 0. The second kappa shape index (κ2) is 7.04. The maximum absolute atomic E-state index is 11.9. The van der Waals surface area contributed by atoms with Crippen molar-refractivity contribution in [3.63, 3.8) is 0 Å². The number of aromatic nitrogens is 2. The molecular weight excluding hydrogens is 292 g/mol. The van der Waals surface area contributed by atoms with Crippen molar-refractivity contribution in [1.82, 2.24) is 9.78 Å². The highest BCUT2D eigenvalue weighted by Crippen LogP contribution is 2.23. The zero-order valence-electron chi connectivity index (χ0n) is 11.5. The lowest BCUT2D eigenvalue weighted by atomic mass is 10.0. The van der Waals surface area contributed by atoms with E-state index in [1.807, 2.05) is 12.1 Å². The summed E-state index contributed by atoms with van der Waals surface area (Å²) in [5.74, 6) is -1.39. The van der Waals surface area contributed by atoms with Crippen molar-refractivity contribution in [2.45, 2.75) is 19.4 Å². The molecule has 6 heteroatoms.